The van der Waals surface area contributed by atoms with Crippen LogP contribution >= 0.6 is 0 Å². The van der Waals surface area contributed by atoms with Gasteiger partial charge in [-0.25, -0.2) is 0 Å². The maximum absolute atomic E-state index is 5.25. The van der Waals surface area contributed by atoms with E-state index in [2.05, 4.69) is 26.1 Å². The molecule has 0 aliphatic heterocycles. The molecular weight excluding hydrogens is 186 g/mol. The van der Waals surface area contributed by atoms with Crippen LogP contribution in [0.5, 0.6) is 0 Å². The standard InChI is InChI=1S/C13H29NO/c1-5-8-12(9-6-2)14-13(10-7-3)11-15-4/h12-14H,5-11H2,1-4H3. The lowest BCUT2D eigenvalue weighted by Gasteiger charge is -2.24. The van der Waals surface area contributed by atoms with E-state index in [0.29, 0.717) is 12.1 Å². The fourth-order valence-electron chi connectivity index (χ4n) is 2.11. The van der Waals surface area contributed by atoms with Gasteiger partial charge < -0.3 is 10.1 Å². The highest BCUT2D eigenvalue weighted by atomic mass is 16.5. The Hall–Kier alpha value is -0.0800. The van der Waals surface area contributed by atoms with Crippen molar-refractivity contribution in [3.05, 3.63) is 0 Å². The van der Waals surface area contributed by atoms with E-state index in [4.69, 9.17) is 4.74 Å². The minimum Gasteiger partial charge on any atom is -0.383 e. The molecule has 0 saturated heterocycles. The monoisotopic (exact) mass is 215 g/mol. The number of nitrogens with one attached hydrogen (secondary N) is 1. The van der Waals surface area contributed by atoms with Crippen molar-refractivity contribution in [1.29, 1.82) is 0 Å². The summed E-state index contributed by atoms with van der Waals surface area (Å²) in [7, 11) is 1.79. The van der Waals surface area contributed by atoms with E-state index < -0.39 is 0 Å². The first-order chi connectivity index (χ1) is 7.28. The summed E-state index contributed by atoms with van der Waals surface area (Å²) in [6, 6.07) is 1.23. The molecule has 0 aromatic heterocycles. The second kappa shape index (κ2) is 10.4. The van der Waals surface area contributed by atoms with Crippen LogP contribution in [0.4, 0.5) is 0 Å². The molecule has 0 rings (SSSR count). The molecule has 0 fully saturated rings. The number of hydrogen-bond acceptors (Lipinski definition) is 2. The predicted octanol–water partition coefficient (Wildman–Crippen LogP) is 3.36. The van der Waals surface area contributed by atoms with Gasteiger partial charge >= 0.3 is 0 Å². The van der Waals surface area contributed by atoms with Gasteiger partial charge in [0.15, 0.2) is 0 Å². The molecule has 92 valence electrons. The lowest BCUT2D eigenvalue weighted by Crippen LogP contribution is -2.40. The molecule has 0 aliphatic rings. The third-order valence-corrected chi connectivity index (χ3v) is 2.75. The molecule has 1 atom stereocenters. The quantitative estimate of drug-likeness (QED) is 0.603. The first kappa shape index (κ1) is 14.9. The van der Waals surface area contributed by atoms with Crippen molar-refractivity contribution in [2.45, 2.75) is 71.4 Å². The van der Waals surface area contributed by atoms with Gasteiger partial charge in [-0.05, 0) is 19.3 Å². The maximum atomic E-state index is 5.25. The lowest BCUT2D eigenvalue weighted by atomic mass is 10.0. The number of ether oxygens (including phenoxy) is 1. The molecule has 2 heteroatoms. The molecule has 0 heterocycles. The van der Waals surface area contributed by atoms with Crippen LogP contribution in [0, 0.1) is 0 Å². The largest absolute Gasteiger partial charge is 0.383 e. The second-order valence-electron chi connectivity index (χ2n) is 4.38. The van der Waals surface area contributed by atoms with Gasteiger partial charge in [0.25, 0.3) is 0 Å². The van der Waals surface area contributed by atoms with Crippen molar-refractivity contribution in [2.24, 2.45) is 0 Å². The normalized spacial score (nSPS) is 13.4. The highest BCUT2D eigenvalue weighted by Gasteiger charge is 2.13. The molecular formula is C13H29NO. The Balaban J connectivity index is 3.93. The fourth-order valence-corrected chi connectivity index (χ4v) is 2.11. The Labute approximate surface area is 95.8 Å². The summed E-state index contributed by atoms with van der Waals surface area (Å²) >= 11 is 0. The zero-order valence-corrected chi connectivity index (χ0v) is 11.0. The molecule has 15 heavy (non-hydrogen) atoms. The van der Waals surface area contributed by atoms with Crippen molar-refractivity contribution in [2.75, 3.05) is 13.7 Å². The first-order valence-electron chi connectivity index (χ1n) is 6.53. The van der Waals surface area contributed by atoms with Gasteiger partial charge in [-0.15, -0.1) is 0 Å². The zero-order chi connectivity index (χ0) is 11.5. The first-order valence-corrected chi connectivity index (χ1v) is 6.53. The Morgan fingerprint density at radius 2 is 1.33 bits per heavy atom. The van der Waals surface area contributed by atoms with Crippen molar-refractivity contribution in [3.63, 3.8) is 0 Å². The summed E-state index contributed by atoms with van der Waals surface area (Å²) in [6.07, 6.45) is 7.56. The predicted molar refractivity (Wildman–Crippen MR) is 67.3 cm³/mol. The van der Waals surface area contributed by atoms with Crippen LogP contribution < -0.4 is 5.32 Å². The van der Waals surface area contributed by atoms with E-state index in [1.807, 2.05) is 0 Å². The van der Waals surface area contributed by atoms with E-state index in [1.165, 1.54) is 38.5 Å². The summed E-state index contributed by atoms with van der Waals surface area (Å²) in [6.45, 7) is 7.60. The number of hydrogen-bond donors (Lipinski definition) is 1. The maximum Gasteiger partial charge on any atom is 0.0615 e. The molecule has 0 radical (unpaired) electrons. The van der Waals surface area contributed by atoms with Gasteiger partial charge in [-0.1, -0.05) is 40.0 Å². The van der Waals surface area contributed by atoms with Crippen molar-refractivity contribution in [3.8, 4) is 0 Å². The van der Waals surface area contributed by atoms with Crippen LogP contribution in [0.2, 0.25) is 0 Å². The highest BCUT2D eigenvalue weighted by Crippen LogP contribution is 2.08. The fraction of sp³-hybridized carbons (Fsp3) is 1.00. The van der Waals surface area contributed by atoms with E-state index in [0.717, 1.165) is 6.61 Å². The molecule has 0 saturated carbocycles. The minimum absolute atomic E-state index is 0.545. The Morgan fingerprint density at radius 1 is 0.867 bits per heavy atom. The Bertz CT molecular complexity index is 102. The van der Waals surface area contributed by atoms with E-state index in [9.17, 15) is 0 Å². The average molecular weight is 215 g/mol. The van der Waals surface area contributed by atoms with Crippen molar-refractivity contribution < 1.29 is 4.74 Å². The van der Waals surface area contributed by atoms with Gasteiger partial charge in [0.2, 0.25) is 0 Å². The molecule has 0 aliphatic carbocycles. The molecule has 2 nitrogen and oxygen atoms in total. The summed E-state index contributed by atoms with van der Waals surface area (Å²) in [5.74, 6) is 0. The molecule has 0 spiro atoms. The van der Waals surface area contributed by atoms with Gasteiger partial charge in [0, 0.05) is 19.2 Å². The second-order valence-corrected chi connectivity index (χ2v) is 4.38. The summed E-state index contributed by atoms with van der Waals surface area (Å²) in [5.41, 5.74) is 0. The molecule has 0 bridgehead atoms. The summed E-state index contributed by atoms with van der Waals surface area (Å²) < 4.78 is 5.25. The molecule has 0 aromatic carbocycles. The molecule has 1 N–H and O–H groups in total. The van der Waals surface area contributed by atoms with Crippen LogP contribution in [0.3, 0.4) is 0 Å². The van der Waals surface area contributed by atoms with Crippen LogP contribution in [-0.2, 0) is 4.74 Å². The number of methoxy groups -OCH3 is 1. The molecule has 0 amide bonds. The van der Waals surface area contributed by atoms with Gasteiger partial charge in [-0.2, -0.15) is 0 Å². The summed E-state index contributed by atoms with van der Waals surface area (Å²) in [4.78, 5) is 0. The topological polar surface area (TPSA) is 21.3 Å². The van der Waals surface area contributed by atoms with E-state index in [1.54, 1.807) is 7.11 Å². The van der Waals surface area contributed by atoms with Gasteiger partial charge in [-0.3, -0.25) is 0 Å². The van der Waals surface area contributed by atoms with Gasteiger partial charge in [0.05, 0.1) is 6.61 Å². The summed E-state index contributed by atoms with van der Waals surface area (Å²) in [5, 5.41) is 3.73. The molecule has 1 unspecified atom stereocenters. The number of rotatable bonds is 10. The van der Waals surface area contributed by atoms with E-state index in [-0.39, 0.29) is 0 Å². The SMILES string of the molecule is CCCC(CCC)NC(CCC)COC. The molecule has 0 aromatic rings. The lowest BCUT2D eigenvalue weighted by molar-refractivity contribution is 0.153. The van der Waals surface area contributed by atoms with Crippen LogP contribution in [0.15, 0.2) is 0 Å². The van der Waals surface area contributed by atoms with Gasteiger partial charge in [0.1, 0.15) is 0 Å². The van der Waals surface area contributed by atoms with Crippen LogP contribution in [0.25, 0.3) is 0 Å². The average Bonchev–Trinajstić information content (AvgIpc) is 2.19. The Morgan fingerprint density at radius 3 is 1.73 bits per heavy atom. The highest BCUT2D eigenvalue weighted by molar-refractivity contribution is 4.73. The smallest absolute Gasteiger partial charge is 0.0615 e. The third kappa shape index (κ3) is 7.80. The van der Waals surface area contributed by atoms with Crippen molar-refractivity contribution >= 4 is 0 Å². The van der Waals surface area contributed by atoms with E-state index >= 15 is 0 Å². The zero-order valence-electron chi connectivity index (χ0n) is 11.0. The Kier molecular flexibility index (Phi) is 10.4. The van der Waals surface area contributed by atoms with Crippen molar-refractivity contribution in [1.82, 2.24) is 5.32 Å². The van der Waals surface area contributed by atoms with Crippen LogP contribution in [-0.4, -0.2) is 25.8 Å². The van der Waals surface area contributed by atoms with Crippen LogP contribution in [0.1, 0.15) is 59.3 Å². The minimum atomic E-state index is 0.545. The third-order valence-electron chi connectivity index (χ3n) is 2.75.